The molecular formula is C11H27N. The summed E-state index contributed by atoms with van der Waals surface area (Å²) in [6.07, 6.45) is 2.55. The molecule has 0 aliphatic carbocycles. The predicted octanol–water partition coefficient (Wildman–Crippen LogP) is 3.40. The summed E-state index contributed by atoms with van der Waals surface area (Å²) in [7, 11) is 4.33. The molecule has 0 spiro atoms. The van der Waals surface area contributed by atoms with Gasteiger partial charge < -0.3 is 4.90 Å². The van der Waals surface area contributed by atoms with Gasteiger partial charge in [-0.1, -0.05) is 41.0 Å². The van der Waals surface area contributed by atoms with Gasteiger partial charge in [0.05, 0.1) is 0 Å². The summed E-state index contributed by atoms with van der Waals surface area (Å²) in [6.45, 7) is 10.8. The Morgan fingerprint density at radius 2 is 1.42 bits per heavy atom. The second-order valence-electron chi connectivity index (χ2n) is 3.32. The summed E-state index contributed by atoms with van der Waals surface area (Å²) in [5.74, 6) is 0.833. The first-order valence-corrected chi connectivity index (χ1v) is 5.29. The molecule has 0 saturated heterocycles. The van der Waals surface area contributed by atoms with Crippen LogP contribution in [0.3, 0.4) is 0 Å². The van der Waals surface area contributed by atoms with Gasteiger partial charge in [-0.25, -0.2) is 0 Å². The first-order chi connectivity index (χ1) is 5.63. The zero-order chi connectivity index (χ0) is 10.1. The highest BCUT2D eigenvalue weighted by Crippen LogP contribution is 2.14. The molecule has 1 heteroatoms. The quantitative estimate of drug-likeness (QED) is 0.630. The molecule has 0 aromatic carbocycles. The lowest BCUT2D eigenvalue weighted by Crippen LogP contribution is -2.32. The molecule has 2 unspecified atom stereocenters. The van der Waals surface area contributed by atoms with Gasteiger partial charge in [0.1, 0.15) is 0 Å². The van der Waals surface area contributed by atoms with Crippen LogP contribution < -0.4 is 0 Å². The van der Waals surface area contributed by atoms with E-state index in [0.717, 1.165) is 12.0 Å². The van der Waals surface area contributed by atoms with Crippen molar-refractivity contribution in [3.63, 3.8) is 0 Å². The van der Waals surface area contributed by atoms with E-state index in [4.69, 9.17) is 0 Å². The van der Waals surface area contributed by atoms with Gasteiger partial charge in [-0.2, -0.15) is 0 Å². The van der Waals surface area contributed by atoms with Crippen LogP contribution in [0.25, 0.3) is 0 Å². The van der Waals surface area contributed by atoms with E-state index in [1.54, 1.807) is 0 Å². The summed E-state index contributed by atoms with van der Waals surface area (Å²) < 4.78 is 0. The van der Waals surface area contributed by atoms with Crippen molar-refractivity contribution in [2.45, 2.75) is 53.5 Å². The van der Waals surface area contributed by atoms with Crippen LogP contribution in [0.4, 0.5) is 0 Å². The van der Waals surface area contributed by atoms with E-state index in [1.165, 1.54) is 12.8 Å². The van der Waals surface area contributed by atoms with Crippen LogP contribution in [0.2, 0.25) is 0 Å². The zero-order valence-corrected chi connectivity index (χ0v) is 10.0. The molecule has 0 saturated carbocycles. The molecule has 0 rings (SSSR count). The minimum Gasteiger partial charge on any atom is -0.306 e. The zero-order valence-electron chi connectivity index (χ0n) is 10.0. The highest BCUT2D eigenvalue weighted by Gasteiger charge is 2.14. The van der Waals surface area contributed by atoms with Crippen LogP contribution in [-0.4, -0.2) is 25.0 Å². The molecule has 0 aliphatic rings. The Balaban J connectivity index is 0. The summed E-state index contributed by atoms with van der Waals surface area (Å²) in [6, 6.07) is 0.769. The van der Waals surface area contributed by atoms with Crippen LogP contribution >= 0.6 is 0 Å². The molecule has 0 bridgehead atoms. The van der Waals surface area contributed by atoms with Gasteiger partial charge in [0, 0.05) is 6.04 Å². The number of rotatable bonds is 4. The van der Waals surface area contributed by atoms with Crippen molar-refractivity contribution >= 4 is 0 Å². The molecule has 76 valence electrons. The Bertz CT molecular complexity index is 79.1. The first-order valence-electron chi connectivity index (χ1n) is 5.29. The minimum absolute atomic E-state index is 0.769. The van der Waals surface area contributed by atoms with Crippen molar-refractivity contribution < 1.29 is 0 Å². The van der Waals surface area contributed by atoms with Gasteiger partial charge in [0.25, 0.3) is 0 Å². The van der Waals surface area contributed by atoms with Crippen molar-refractivity contribution in [1.82, 2.24) is 4.90 Å². The third kappa shape index (κ3) is 5.59. The van der Waals surface area contributed by atoms with Crippen molar-refractivity contribution in [2.24, 2.45) is 5.92 Å². The Kier molecular flexibility index (Phi) is 10.9. The monoisotopic (exact) mass is 173 g/mol. The van der Waals surface area contributed by atoms with E-state index < -0.39 is 0 Å². The molecule has 0 amide bonds. The van der Waals surface area contributed by atoms with Gasteiger partial charge in [0.2, 0.25) is 0 Å². The summed E-state index contributed by atoms with van der Waals surface area (Å²) >= 11 is 0. The van der Waals surface area contributed by atoms with Crippen LogP contribution in [0.5, 0.6) is 0 Å². The first kappa shape index (κ1) is 14.5. The van der Waals surface area contributed by atoms with E-state index in [2.05, 4.69) is 39.8 Å². The largest absolute Gasteiger partial charge is 0.306 e. The van der Waals surface area contributed by atoms with Gasteiger partial charge in [-0.15, -0.1) is 0 Å². The van der Waals surface area contributed by atoms with Gasteiger partial charge >= 0.3 is 0 Å². The van der Waals surface area contributed by atoms with E-state index in [0.29, 0.717) is 0 Å². The van der Waals surface area contributed by atoms with Gasteiger partial charge in [0.15, 0.2) is 0 Å². The lowest BCUT2D eigenvalue weighted by Gasteiger charge is -2.28. The Labute approximate surface area is 79.2 Å². The molecule has 0 heterocycles. The van der Waals surface area contributed by atoms with Crippen LogP contribution in [-0.2, 0) is 0 Å². The maximum atomic E-state index is 2.33. The third-order valence-corrected chi connectivity index (χ3v) is 2.38. The molecular weight excluding hydrogens is 146 g/mol. The molecule has 2 atom stereocenters. The second-order valence-corrected chi connectivity index (χ2v) is 3.32. The van der Waals surface area contributed by atoms with Gasteiger partial charge in [-0.3, -0.25) is 0 Å². The van der Waals surface area contributed by atoms with Crippen LogP contribution in [0.1, 0.15) is 47.5 Å². The fraction of sp³-hybridized carbons (Fsp3) is 1.00. The van der Waals surface area contributed by atoms with E-state index in [9.17, 15) is 0 Å². The number of hydrogen-bond donors (Lipinski definition) is 0. The average molecular weight is 173 g/mol. The molecule has 0 aromatic rings. The summed E-state index contributed by atoms with van der Waals surface area (Å²) in [4.78, 5) is 2.33. The second kappa shape index (κ2) is 9.05. The number of hydrogen-bond acceptors (Lipinski definition) is 1. The maximum absolute atomic E-state index is 2.33. The van der Waals surface area contributed by atoms with E-state index in [-0.39, 0.29) is 0 Å². The minimum atomic E-state index is 0.769. The summed E-state index contributed by atoms with van der Waals surface area (Å²) in [5.41, 5.74) is 0. The molecule has 12 heavy (non-hydrogen) atoms. The predicted molar refractivity (Wildman–Crippen MR) is 58.6 cm³/mol. The number of nitrogens with zero attached hydrogens (tertiary/aromatic N) is 1. The average Bonchev–Trinajstić information content (AvgIpc) is 2.08. The van der Waals surface area contributed by atoms with Crippen molar-refractivity contribution in [3.05, 3.63) is 0 Å². The summed E-state index contributed by atoms with van der Waals surface area (Å²) in [5, 5.41) is 0. The smallest absolute Gasteiger partial charge is 0.0112 e. The molecule has 1 nitrogen and oxygen atoms in total. The molecule has 0 aromatic heterocycles. The Morgan fingerprint density at radius 3 is 1.50 bits per heavy atom. The molecule has 0 fully saturated rings. The third-order valence-electron chi connectivity index (χ3n) is 2.38. The SMILES string of the molecule is CC.CCC(C)C(CC)N(C)C. The van der Waals surface area contributed by atoms with Crippen molar-refractivity contribution in [3.8, 4) is 0 Å². The van der Waals surface area contributed by atoms with Gasteiger partial charge in [-0.05, 0) is 26.4 Å². The normalized spacial score (nSPS) is 15.0. The fourth-order valence-electron chi connectivity index (χ4n) is 1.55. The molecule has 0 radical (unpaired) electrons. The van der Waals surface area contributed by atoms with Crippen LogP contribution in [0, 0.1) is 5.92 Å². The molecule has 0 N–H and O–H groups in total. The highest BCUT2D eigenvalue weighted by atomic mass is 15.1. The van der Waals surface area contributed by atoms with E-state index >= 15 is 0 Å². The highest BCUT2D eigenvalue weighted by molar-refractivity contribution is 4.69. The van der Waals surface area contributed by atoms with E-state index in [1.807, 2.05) is 13.8 Å². The lowest BCUT2D eigenvalue weighted by molar-refractivity contribution is 0.210. The van der Waals surface area contributed by atoms with Crippen molar-refractivity contribution in [2.75, 3.05) is 14.1 Å². The lowest BCUT2D eigenvalue weighted by atomic mass is 9.96. The van der Waals surface area contributed by atoms with Crippen molar-refractivity contribution in [1.29, 1.82) is 0 Å². The topological polar surface area (TPSA) is 3.24 Å². The molecule has 0 aliphatic heterocycles. The standard InChI is InChI=1S/C9H21N.C2H6/c1-6-8(3)9(7-2)10(4)5;1-2/h8-9H,6-7H2,1-5H3;1-2H3. The Morgan fingerprint density at radius 1 is 1.00 bits per heavy atom. The maximum Gasteiger partial charge on any atom is 0.0112 e. The fourth-order valence-corrected chi connectivity index (χ4v) is 1.55. The Hall–Kier alpha value is -0.0400. The van der Waals surface area contributed by atoms with Crippen LogP contribution in [0.15, 0.2) is 0 Å².